The molecular formula is C15H18N2O3. The van der Waals surface area contributed by atoms with Crippen molar-refractivity contribution in [3.05, 3.63) is 41.7 Å². The molecule has 0 fully saturated rings. The molecule has 106 valence electrons. The molecule has 0 bridgehead atoms. The van der Waals surface area contributed by atoms with Gasteiger partial charge in [0.25, 0.3) is 0 Å². The van der Waals surface area contributed by atoms with Crippen molar-refractivity contribution in [3.63, 3.8) is 0 Å². The van der Waals surface area contributed by atoms with Gasteiger partial charge in [-0.25, -0.2) is 0 Å². The summed E-state index contributed by atoms with van der Waals surface area (Å²) in [6.45, 7) is 3.93. The van der Waals surface area contributed by atoms with Crippen LogP contribution in [0.4, 0.5) is 0 Å². The molecule has 5 nitrogen and oxygen atoms in total. The first-order valence-electron chi connectivity index (χ1n) is 6.39. The maximum atomic E-state index is 12.8. The summed E-state index contributed by atoms with van der Waals surface area (Å²) in [5, 5.41) is 4.22. The summed E-state index contributed by atoms with van der Waals surface area (Å²) in [4.78, 5) is 12.8. The van der Waals surface area contributed by atoms with Gasteiger partial charge < -0.3 is 9.47 Å². The predicted octanol–water partition coefficient (Wildman–Crippen LogP) is 2.71. The minimum atomic E-state index is -0.162. The number of ether oxygens (including phenoxy) is 2. The lowest BCUT2D eigenvalue weighted by molar-refractivity contribution is 0.102. The van der Waals surface area contributed by atoms with Crippen LogP contribution in [0.1, 0.15) is 35.9 Å². The van der Waals surface area contributed by atoms with Crippen molar-refractivity contribution in [2.75, 3.05) is 14.2 Å². The summed E-state index contributed by atoms with van der Waals surface area (Å²) in [6.07, 6.45) is 1.56. The Morgan fingerprint density at radius 2 is 1.80 bits per heavy atom. The smallest absolute Gasteiger partial charge is 0.218 e. The van der Waals surface area contributed by atoms with Crippen LogP contribution < -0.4 is 9.47 Å². The Morgan fingerprint density at radius 3 is 2.40 bits per heavy atom. The van der Waals surface area contributed by atoms with Crippen LogP contribution >= 0.6 is 0 Å². The molecule has 1 aromatic heterocycles. The third kappa shape index (κ3) is 2.39. The maximum Gasteiger partial charge on any atom is 0.218 e. The highest BCUT2D eigenvalue weighted by molar-refractivity contribution is 6.11. The molecule has 0 radical (unpaired) electrons. The zero-order valence-electron chi connectivity index (χ0n) is 12.1. The van der Waals surface area contributed by atoms with E-state index in [-0.39, 0.29) is 11.8 Å². The van der Waals surface area contributed by atoms with Gasteiger partial charge in [-0.15, -0.1) is 0 Å². The molecule has 1 aromatic carbocycles. The lowest BCUT2D eigenvalue weighted by Crippen LogP contribution is -2.15. The molecule has 5 heteroatoms. The Morgan fingerprint density at radius 1 is 1.15 bits per heavy atom. The summed E-state index contributed by atoms with van der Waals surface area (Å²) in [7, 11) is 3.07. The maximum absolute atomic E-state index is 12.8. The lowest BCUT2D eigenvalue weighted by atomic mass is 10.1. The van der Waals surface area contributed by atoms with Gasteiger partial charge in [0.15, 0.2) is 11.4 Å². The van der Waals surface area contributed by atoms with Crippen molar-refractivity contribution in [3.8, 4) is 11.5 Å². The molecule has 0 amide bonds. The predicted molar refractivity (Wildman–Crippen MR) is 75.6 cm³/mol. The van der Waals surface area contributed by atoms with Crippen molar-refractivity contribution in [2.45, 2.75) is 19.9 Å². The van der Waals surface area contributed by atoms with Gasteiger partial charge in [-0.3, -0.25) is 9.48 Å². The normalized spacial score (nSPS) is 10.7. The van der Waals surface area contributed by atoms with Crippen LogP contribution in [0.3, 0.4) is 0 Å². The van der Waals surface area contributed by atoms with Crippen LogP contribution in [-0.4, -0.2) is 29.8 Å². The Hall–Kier alpha value is -2.30. The van der Waals surface area contributed by atoms with Crippen LogP contribution in [0.5, 0.6) is 11.5 Å². The molecule has 0 N–H and O–H groups in total. The molecule has 20 heavy (non-hydrogen) atoms. The number of benzene rings is 1. The second kappa shape index (κ2) is 5.77. The van der Waals surface area contributed by atoms with E-state index in [2.05, 4.69) is 5.10 Å². The molecule has 0 saturated carbocycles. The van der Waals surface area contributed by atoms with Crippen molar-refractivity contribution in [2.24, 2.45) is 0 Å². The van der Waals surface area contributed by atoms with Gasteiger partial charge in [-0.2, -0.15) is 5.10 Å². The molecule has 2 rings (SSSR count). The SMILES string of the molecule is COc1ccccc1C(=O)c1c(OC)cnn1C(C)C. The molecular weight excluding hydrogens is 256 g/mol. The van der Waals surface area contributed by atoms with E-state index in [4.69, 9.17) is 9.47 Å². The second-order valence-electron chi connectivity index (χ2n) is 4.63. The average Bonchev–Trinajstić information content (AvgIpc) is 2.90. The highest BCUT2D eigenvalue weighted by Gasteiger charge is 2.24. The minimum Gasteiger partial charge on any atom is -0.496 e. The molecule has 1 heterocycles. The highest BCUT2D eigenvalue weighted by atomic mass is 16.5. The van der Waals surface area contributed by atoms with Crippen molar-refractivity contribution >= 4 is 5.78 Å². The number of aromatic nitrogens is 2. The third-order valence-electron chi connectivity index (χ3n) is 3.04. The third-order valence-corrected chi connectivity index (χ3v) is 3.04. The van der Waals surface area contributed by atoms with E-state index in [0.717, 1.165) is 0 Å². The van der Waals surface area contributed by atoms with Gasteiger partial charge in [-0.05, 0) is 26.0 Å². The number of methoxy groups -OCH3 is 2. The van der Waals surface area contributed by atoms with E-state index in [1.165, 1.54) is 7.11 Å². The number of carbonyl (C=O) groups excluding carboxylic acids is 1. The molecule has 0 saturated heterocycles. The number of carbonyl (C=O) groups is 1. The fraction of sp³-hybridized carbons (Fsp3) is 0.333. The second-order valence-corrected chi connectivity index (χ2v) is 4.63. The number of nitrogens with zero attached hydrogens (tertiary/aromatic N) is 2. The van der Waals surface area contributed by atoms with E-state index in [9.17, 15) is 4.79 Å². The monoisotopic (exact) mass is 274 g/mol. The van der Waals surface area contributed by atoms with E-state index < -0.39 is 0 Å². The number of hydrogen-bond acceptors (Lipinski definition) is 4. The van der Waals surface area contributed by atoms with Gasteiger partial charge >= 0.3 is 0 Å². The van der Waals surface area contributed by atoms with Crippen molar-refractivity contribution in [1.82, 2.24) is 9.78 Å². The Bertz CT molecular complexity index is 617. The number of ketones is 1. The first-order chi connectivity index (χ1) is 9.60. The van der Waals surface area contributed by atoms with E-state index in [0.29, 0.717) is 22.8 Å². The minimum absolute atomic E-state index is 0.0626. The quantitative estimate of drug-likeness (QED) is 0.787. The van der Waals surface area contributed by atoms with Gasteiger partial charge in [0, 0.05) is 6.04 Å². The average molecular weight is 274 g/mol. The Kier molecular flexibility index (Phi) is 4.08. The van der Waals surface area contributed by atoms with E-state index in [1.54, 1.807) is 36.2 Å². The largest absolute Gasteiger partial charge is 0.496 e. The highest BCUT2D eigenvalue weighted by Crippen LogP contribution is 2.27. The molecule has 0 spiro atoms. The molecule has 0 aliphatic rings. The number of hydrogen-bond donors (Lipinski definition) is 0. The summed E-state index contributed by atoms with van der Waals surface area (Å²) in [5.74, 6) is 0.844. The zero-order valence-corrected chi connectivity index (χ0v) is 12.1. The fourth-order valence-electron chi connectivity index (χ4n) is 2.06. The molecule has 0 atom stereocenters. The van der Waals surface area contributed by atoms with Crippen LogP contribution in [-0.2, 0) is 0 Å². The summed E-state index contributed by atoms with van der Waals surface area (Å²) >= 11 is 0. The van der Waals surface area contributed by atoms with Crippen LogP contribution in [0.25, 0.3) is 0 Å². The summed E-state index contributed by atoms with van der Waals surface area (Å²) in [6, 6.07) is 7.19. The fourth-order valence-corrected chi connectivity index (χ4v) is 2.06. The van der Waals surface area contributed by atoms with E-state index >= 15 is 0 Å². The van der Waals surface area contributed by atoms with Crippen molar-refractivity contribution < 1.29 is 14.3 Å². The molecule has 0 unspecified atom stereocenters. The first-order valence-corrected chi connectivity index (χ1v) is 6.39. The molecule has 0 aliphatic heterocycles. The van der Waals surface area contributed by atoms with E-state index in [1.807, 2.05) is 19.9 Å². The van der Waals surface area contributed by atoms with Crippen molar-refractivity contribution in [1.29, 1.82) is 0 Å². The van der Waals surface area contributed by atoms with Crippen LogP contribution in [0.15, 0.2) is 30.5 Å². The Labute approximate surface area is 118 Å². The Balaban J connectivity index is 2.55. The van der Waals surface area contributed by atoms with Gasteiger partial charge in [0.05, 0.1) is 26.0 Å². The molecule has 2 aromatic rings. The lowest BCUT2D eigenvalue weighted by Gasteiger charge is -2.13. The van der Waals surface area contributed by atoms with Gasteiger partial charge in [0.1, 0.15) is 5.75 Å². The van der Waals surface area contributed by atoms with Gasteiger partial charge in [0.2, 0.25) is 5.78 Å². The topological polar surface area (TPSA) is 53.4 Å². The van der Waals surface area contributed by atoms with Crippen LogP contribution in [0.2, 0.25) is 0 Å². The summed E-state index contributed by atoms with van der Waals surface area (Å²) in [5.41, 5.74) is 0.933. The standard InChI is InChI=1S/C15H18N2O3/c1-10(2)17-14(13(20-4)9-16-17)15(18)11-7-5-6-8-12(11)19-3/h5-10H,1-4H3. The molecule has 0 aliphatic carbocycles. The van der Waals surface area contributed by atoms with Gasteiger partial charge in [-0.1, -0.05) is 12.1 Å². The number of para-hydroxylation sites is 1. The first kappa shape index (κ1) is 14.1. The summed E-state index contributed by atoms with van der Waals surface area (Å²) < 4.78 is 12.2. The van der Waals surface area contributed by atoms with Crippen LogP contribution in [0, 0.1) is 0 Å². The number of rotatable bonds is 5. The zero-order chi connectivity index (χ0) is 14.7.